The molecular formula is C16H20N2. The van der Waals surface area contributed by atoms with E-state index < -0.39 is 0 Å². The molecule has 0 unspecified atom stereocenters. The van der Waals surface area contributed by atoms with Crippen LogP contribution in [0.25, 0.3) is 0 Å². The van der Waals surface area contributed by atoms with Gasteiger partial charge in [0.1, 0.15) is 0 Å². The van der Waals surface area contributed by atoms with Crippen molar-refractivity contribution in [1.29, 1.82) is 0 Å². The summed E-state index contributed by atoms with van der Waals surface area (Å²) in [6.07, 6.45) is 5.87. The number of benzene rings is 1. The van der Waals surface area contributed by atoms with Gasteiger partial charge in [-0.1, -0.05) is 24.3 Å². The maximum absolute atomic E-state index is 4.02. The molecule has 1 aromatic heterocycles. The first-order valence-corrected chi connectivity index (χ1v) is 6.50. The van der Waals surface area contributed by atoms with Crippen LogP contribution >= 0.6 is 0 Å². The second kappa shape index (κ2) is 6.92. The summed E-state index contributed by atoms with van der Waals surface area (Å²) >= 11 is 0. The number of hydrogen-bond acceptors (Lipinski definition) is 2. The molecule has 18 heavy (non-hydrogen) atoms. The van der Waals surface area contributed by atoms with E-state index in [1.54, 1.807) is 0 Å². The minimum Gasteiger partial charge on any atom is -0.316 e. The molecule has 2 rings (SSSR count). The number of nitrogens with zero attached hydrogens (tertiary/aromatic N) is 1. The molecule has 0 amide bonds. The molecule has 2 nitrogen and oxygen atoms in total. The number of aryl methyl sites for hydroxylation is 1. The van der Waals surface area contributed by atoms with Crippen molar-refractivity contribution in [3.63, 3.8) is 0 Å². The molecule has 0 aliphatic rings. The van der Waals surface area contributed by atoms with Gasteiger partial charge in [0.15, 0.2) is 0 Å². The molecule has 2 aromatic rings. The van der Waals surface area contributed by atoms with Crippen LogP contribution in [0.5, 0.6) is 0 Å². The topological polar surface area (TPSA) is 24.9 Å². The smallest absolute Gasteiger partial charge is 0.0270 e. The van der Waals surface area contributed by atoms with Crippen LogP contribution in [-0.2, 0) is 12.8 Å². The van der Waals surface area contributed by atoms with E-state index in [-0.39, 0.29) is 0 Å². The molecular weight excluding hydrogens is 220 g/mol. The lowest BCUT2D eigenvalue weighted by Gasteiger charge is -2.07. The van der Waals surface area contributed by atoms with Gasteiger partial charge in [-0.05, 0) is 61.7 Å². The van der Waals surface area contributed by atoms with E-state index in [9.17, 15) is 0 Å². The first-order valence-electron chi connectivity index (χ1n) is 6.50. The predicted octanol–water partition coefficient (Wildman–Crippen LogP) is 2.76. The zero-order valence-electron chi connectivity index (χ0n) is 10.9. The van der Waals surface area contributed by atoms with Crippen molar-refractivity contribution < 1.29 is 0 Å². The van der Waals surface area contributed by atoms with Gasteiger partial charge in [-0.15, -0.1) is 0 Å². The Morgan fingerprint density at radius 3 is 2.44 bits per heavy atom. The van der Waals surface area contributed by atoms with E-state index in [1.807, 2.05) is 12.4 Å². The van der Waals surface area contributed by atoms with Crippen LogP contribution in [0.1, 0.15) is 16.7 Å². The van der Waals surface area contributed by atoms with Gasteiger partial charge < -0.3 is 5.32 Å². The van der Waals surface area contributed by atoms with Gasteiger partial charge in [-0.2, -0.15) is 0 Å². The standard InChI is InChI=1S/C16H20N2/c1-14-4-2-3-5-16(14)9-13-18-12-8-15-6-10-17-11-7-15/h2-7,10-11,18H,8-9,12-13H2,1H3. The Morgan fingerprint density at radius 2 is 1.67 bits per heavy atom. The van der Waals surface area contributed by atoms with E-state index >= 15 is 0 Å². The third kappa shape index (κ3) is 3.97. The van der Waals surface area contributed by atoms with E-state index in [0.29, 0.717) is 0 Å². The van der Waals surface area contributed by atoms with Gasteiger partial charge in [0.25, 0.3) is 0 Å². The number of aromatic nitrogens is 1. The molecule has 0 atom stereocenters. The summed E-state index contributed by atoms with van der Waals surface area (Å²) in [4.78, 5) is 4.02. The van der Waals surface area contributed by atoms with Crippen molar-refractivity contribution in [1.82, 2.24) is 10.3 Å². The number of pyridine rings is 1. The fraction of sp³-hybridized carbons (Fsp3) is 0.312. The predicted molar refractivity (Wildman–Crippen MR) is 75.7 cm³/mol. The van der Waals surface area contributed by atoms with Crippen LogP contribution in [0, 0.1) is 6.92 Å². The van der Waals surface area contributed by atoms with E-state index in [2.05, 4.69) is 53.6 Å². The van der Waals surface area contributed by atoms with E-state index in [4.69, 9.17) is 0 Å². The SMILES string of the molecule is Cc1ccccc1CCNCCc1ccncc1. The monoisotopic (exact) mass is 240 g/mol. The maximum atomic E-state index is 4.02. The van der Waals surface area contributed by atoms with E-state index in [1.165, 1.54) is 16.7 Å². The first kappa shape index (κ1) is 12.8. The minimum atomic E-state index is 1.02. The molecule has 0 spiro atoms. The Labute approximate surface area is 109 Å². The summed E-state index contributed by atoms with van der Waals surface area (Å²) in [6.45, 7) is 4.23. The summed E-state index contributed by atoms with van der Waals surface area (Å²) < 4.78 is 0. The highest BCUT2D eigenvalue weighted by molar-refractivity contribution is 5.25. The molecule has 0 aliphatic carbocycles. The third-order valence-corrected chi connectivity index (χ3v) is 3.17. The molecule has 0 radical (unpaired) electrons. The lowest BCUT2D eigenvalue weighted by molar-refractivity contribution is 0.680. The zero-order valence-corrected chi connectivity index (χ0v) is 10.9. The van der Waals surface area contributed by atoms with Crippen molar-refractivity contribution in [2.24, 2.45) is 0 Å². The Bertz CT molecular complexity index is 466. The van der Waals surface area contributed by atoms with Gasteiger partial charge in [-0.3, -0.25) is 4.98 Å². The molecule has 0 bridgehead atoms. The molecule has 0 fully saturated rings. The summed E-state index contributed by atoms with van der Waals surface area (Å²) in [6, 6.07) is 12.7. The molecule has 1 aromatic carbocycles. The zero-order chi connectivity index (χ0) is 12.6. The Kier molecular flexibility index (Phi) is 4.91. The molecule has 0 saturated heterocycles. The molecule has 0 saturated carbocycles. The number of hydrogen-bond donors (Lipinski definition) is 1. The highest BCUT2D eigenvalue weighted by atomic mass is 14.8. The molecule has 1 heterocycles. The summed E-state index contributed by atoms with van der Waals surface area (Å²) in [5.74, 6) is 0. The van der Waals surface area contributed by atoms with Crippen LogP contribution < -0.4 is 5.32 Å². The van der Waals surface area contributed by atoms with Crippen molar-refractivity contribution in [2.75, 3.05) is 13.1 Å². The van der Waals surface area contributed by atoms with Crippen LogP contribution in [0.15, 0.2) is 48.8 Å². The summed E-state index contributed by atoms with van der Waals surface area (Å²) in [7, 11) is 0. The lowest BCUT2D eigenvalue weighted by atomic mass is 10.1. The number of rotatable bonds is 6. The third-order valence-electron chi connectivity index (χ3n) is 3.17. The minimum absolute atomic E-state index is 1.02. The van der Waals surface area contributed by atoms with Crippen LogP contribution in [0.4, 0.5) is 0 Å². The van der Waals surface area contributed by atoms with Crippen LogP contribution in [0.3, 0.4) is 0 Å². The highest BCUT2D eigenvalue weighted by Gasteiger charge is 1.96. The molecule has 94 valence electrons. The lowest BCUT2D eigenvalue weighted by Crippen LogP contribution is -2.20. The molecule has 1 N–H and O–H groups in total. The quantitative estimate of drug-likeness (QED) is 0.785. The van der Waals surface area contributed by atoms with Crippen LogP contribution in [0.2, 0.25) is 0 Å². The second-order valence-electron chi connectivity index (χ2n) is 4.53. The Morgan fingerprint density at radius 1 is 0.944 bits per heavy atom. The van der Waals surface area contributed by atoms with Gasteiger partial charge in [-0.25, -0.2) is 0 Å². The molecule has 0 aliphatic heterocycles. The van der Waals surface area contributed by atoms with Crippen molar-refractivity contribution in [3.8, 4) is 0 Å². The normalized spacial score (nSPS) is 10.5. The fourth-order valence-electron chi connectivity index (χ4n) is 2.02. The van der Waals surface area contributed by atoms with Crippen molar-refractivity contribution >= 4 is 0 Å². The second-order valence-corrected chi connectivity index (χ2v) is 4.53. The average Bonchev–Trinajstić information content (AvgIpc) is 2.42. The fourth-order valence-corrected chi connectivity index (χ4v) is 2.02. The Balaban J connectivity index is 1.66. The van der Waals surface area contributed by atoms with Crippen molar-refractivity contribution in [2.45, 2.75) is 19.8 Å². The summed E-state index contributed by atoms with van der Waals surface area (Å²) in [5, 5.41) is 3.49. The summed E-state index contributed by atoms with van der Waals surface area (Å²) in [5.41, 5.74) is 4.16. The van der Waals surface area contributed by atoms with Crippen molar-refractivity contribution in [3.05, 3.63) is 65.5 Å². The highest BCUT2D eigenvalue weighted by Crippen LogP contribution is 2.06. The van der Waals surface area contributed by atoms with Gasteiger partial charge in [0.2, 0.25) is 0 Å². The van der Waals surface area contributed by atoms with Gasteiger partial charge in [0, 0.05) is 12.4 Å². The maximum Gasteiger partial charge on any atom is 0.0270 e. The van der Waals surface area contributed by atoms with Crippen LogP contribution in [-0.4, -0.2) is 18.1 Å². The van der Waals surface area contributed by atoms with Gasteiger partial charge in [0.05, 0.1) is 0 Å². The molecule has 2 heteroatoms. The average molecular weight is 240 g/mol. The van der Waals surface area contributed by atoms with E-state index in [0.717, 1.165) is 25.9 Å². The largest absolute Gasteiger partial charge is 0.316 e. The Hall–Kier alpha value is -1.67. The first-order chi connectivity index (χ1) is 8.86. The number of nitrogens with one attached hydrogen (secondary N) is 1. The van der Waals surface area contributed by atoms with Gasteiger partial charge >= 0.3 is 0 Å².